The van der Waals surface area contributed by atoms with Crippen LogP contribution in [0, 0.1) is 0 Å². The van der Waals surface area contributed by atoms with Gasteiger partial charge in [0.15, 0.2) is 10.6 Å². The van der Waals surface area contributed by atoms with E-state index in [-0.39, 0.29) is 5.78 Å². The van der Waals surface area contributed by atoms with Gasteiger partial charge in [-0.05, 0) is 6.07 Å². The van der Waals surface area contributed by atoms with Crippen LogP contribution in [0.4, 0.5) is 0 Å². The molecule has 10 heavy (non-hydrogen) atoms. The molecule has 0 spiro atoms. The van der Waals surface area contributed by atoms with Crippen molar-refractivity contribution in [3.8, 4) is 0 Å². The lowest BCUT2D eigenvalue weighted by Gasteiger charge is -1.94. The second-order valence-electron chi connectivity index (χ2n) is 1.76. The van der Waals surface area contributed by atoms with E-state index >= 15 is 0 Å². The van der Waals surface area contributed by atoms with E-state index in [1.165, 1.54) is 0 Å². The molecule has 1 aromatic rings. The first kappa shape index (κ1) is 7.63. The van der Waals surface area contributed by atoms with Crippen LogP contribution in [0.25, 0.3) is 0 Å². The first-order valence-corrected chi connectivity index (χ1v) is 3.54. The highest BCUT2D eigenvalue weighted by Crippen LogP contribution is 2.10. The largest absolute Gasteiger partial charge is 0.367 e. The van der Waals surface area contributed by atoms with Gasteiger partial charge in [0, 0.05) is 18.0 Å². The second kappa shape index (κ2) is 3.08. The molecule has 0 aliphatic heterocycles. The Hall–Kier alpha value is -0.470. The fourth-order valence-electron chi connectivity index (χ4n) is 0.603. The number of nitrogens with one attached hydrogen (secondary N) is 1. The highest BCUT2D eigenvalue weighted by atomic mass is 35.5. The average molecular weight is 178 g/mol. The number of hydrogen-bond acceptors (Lipinski definition) is 1. The lowest BCUT2D eigenvalue weighted by atomic mass is 10.2. The Labute approximate surface area is 68.1 Å². The van der Waals surface area contributed by atoms with Crippen LogP contribution < -0.4 is 0 Å². The van der Waals surface area contributed by atoms with Crippen LogP contribution in [0.1, 0.15) is 10.4 Å². The third kappa shape index (κ3) is 1.52. The zero-order chi connectivity index (χ0) is 7.56. The molecule has 1 rings (SSSR count). The normalized spacial score (nSPS) is 10.3. The minimum atomic E-state index is -0.962. The molecule has 2 nitrogen and oxygen atoms in total. The van der Waals surface area contributed by atoms with E-state index in [0.29, 0.717) is 5.56 Å². The van der Waals surface area contributed by atoms with Gasteiger partial charge in [0.25, 0.3) is 0 Å². The summed E-state index contributed by atoms with van der Waals surface area (Å²) in [6.07, 6.45) is 3.20. The maximum atomic E-state index is 10.9. The predicted octanol–water partition coefficient (Wildman–Crippen LogP) is 2.00. The zero-order valence-corrected chi connectivity index (χ0v) is 6.49. The number of alkyl halides is 2. The molecule has 1 aromatic heterocycles. The smallest absolute Gasteiger partial charge is 0.197 e. The fraction of sp³-hybridized carbons (Fsp3) is 0.167. The van der Waals surface area contributed by atoms with Crippen molar-refractivity contribution in [1.82, 2.24) is 4.98 Å². The molecule has 0 aliphatic carbocycles. The Morgan fingerprint density at radius 3 is 2.70 bits per heavy atom. The number of aromatic amines is 1. The van der Waals surface area contributed by atoms with Crippen LogP contribution in [0.3, 0.4) is 0 Å². The Morgan fingerprint density at radius 2 is 2.30 bits per heavy atom. The minimum absolute atomic E-state index is 0.274. The number of rotatable bonds is 2. The molecular formula is C6H5Cl2NO. The molecule has 0 saturated heterocycles. The van der Waals surface area contributed by atoms with E-state index in [0.717, 1.165) is 0 Å². The number of aromatic nitrogens is 1. The van der Waals surface area contributed by atoms with Gasteiger partial charge in [-0.25, -0.2) is 0 Å². The van der Waals surface area contributed by atoms with E-state index in [2.05, 4.69) is 4.98 Å². The van der Waals surface area contributed by atoms with Crippen molar-refractivity contribution in [2.24, 2.45) is 0 Å². The Kier molecular flexibility index (Phi) is 2.35. The van der Waals surface area contributed by atoms with Gasteiger partial charge in [0.1, 0.15) is 0 Å². The van der Waals surface area contributed by atoms with Gasteiger partial charge in [-0.1, -0.05) is 23.2 Å². The van der Waals surface area contributed by atoms with Crippen LogP contribution in [0.15, 0.2) is 18.5 Å². The van der Waals surface area contributed by atoms with Gasteiger partial charge < -0.3 is 4.98 Å². The molecule has 1 heterocycles. The highest BCUT2D eigenvalue weighted by Gasteiger charge is 2.13. The lowest BCUT2D eigenvalue weighted by Crippen LogP contribution is -2.06. The minimum Gasteiger partial charge on any atom is -0.367 e. The fourth-order valence-corrected chi connectivity index (χ4v) is 0.855. The molecule has 0 fully saturated rings. The quantitative estimate of drug-likeness (QED) is 0.545. The molecule has 0 amide bonds. The molecule has 0 atom stereocenters. The average Bonchev–Trinajstić information content (AvgIpc) is 2.36. The summed E-state index contributed by atoms with van der Waals surface area (Å²) in [5, 5.41) is 0. The van der Waals surface area contributed by atoms with Gasteiger partial charge >= 0.3 is 0 Å². The van der Waals surface area contributed by atoms with Crippen molar-refractivity contribution >= 4 is 29.0 Å². The van der Waals surface area contributed by atoms with Crippen molar-refractivity contribution in [2.45, 2.75) is 4.84 Å². The van der Waals surface area contributed by atoms with Crippen molar-refractivity contribution in [3.05, 3.63) is 24.0 Å². The van der Waals surface area contributed by atoms with Gasteiger partial charge in [-0.15, -0.1) is 0 Å². The maximum absolute atomic E-state index is 10.9. The molecule has 4 heteroatoms. The van der Waals surface area contributed by atoms with Crippen LogP contribution in [0.2, 0.25) is 0 Å². The van der Waals surface area contributed by atoms with Crippen molar-refractivity contribution in [1.29, 1.82) is 0 Å². The van der Waals surface area contributed by atoms with Gasteiger partial charge in [0.05, 0.1) is 0 Å². The first-order valence-electron chi connectivity index (χ1n) is 2.67. The van der Waals surface area contributed by atoms with Crippen LogP contribution in [0.5, 0.6) is 0 Å². The summed E-state index contributed by atoms with van der Waals surface area (Å²) >= 11 is 10.6. The predicted molar refractivity (Wildman–Crippen MR) is 40.6 cm³/mol. The second-order valence-corrected chi connectivity index (χ2v) is 2.86. The molecule has 0 aromatic carbocycles. The monoisotopic (exact) mass is 177 g/mol. The van der Waals surface area contributed by atoms with E-state index < -0.39 is 4.84 Å². The molecule has 0 aliphatic rings. The van der Waals surface area contributed by atoms with Crippen molar-refractivity contribution in [2.75, 3.05) is 0 Å². The first-order chi connectivity index (χ1) is 4.72. The molecular weight excluding hydrogens is 173 g/mol. The summed E-state index contributed by atoms with van der Waals surface area (Å²) in [7, 11) is 0. The van der Waals surface area contributed by atoms with Crippen molar-refractivity contribution in [3.63, 3.8) is 0 Å². The maximum Gasteiger partial charge on any atom is 0.197 e. The Balaban J connectivity index is 2.78. The van der Waals surface area contributed by atoms with E-state index in [1.54, 1.807) is 18.5 Å². The molecule has 54 valence electrons. The standard InChI is InChI=1S/C6H5Cl2NO/c7-6(8)5(10)4-1-2-9-3-4/h1-3,6,9H. The van der Waals surface area contributed by atoms with E-state index in [1.807, 2.05) is 0 Å². The summed E-state index contributed by atoms with van der Waals surface area (Å²) in [5.41, 5.74) is 0.509. The summed E-state index contributed by atoms with van der Waals surface area (Å²) in [6, 6.07) is 1.63. The Bertz CT molecular complexity index is 218. The Morgan fingerprint density at radius 1 is 1.60 bits per heavy atom. The van der Waals surface area contributed by atoms with E-state index in [4.69, 9.17) is 23.2 Å². The molecule has 1 N–H and O–H groups in total. The molecule has 0 saturated carbocycles. The van der Waals surface area contributed by atoms with Crippen LogP contribution in [-0.4, -0.2) is 15.6 Å². The third-order valence-corrected chi connectivity index (χ3v) is 1.48. The number of carbonyl (C=O) groups is 1. The summed E-state index contributed by atoms with van der Waals surface area (Å²) < 4.78 is 0. The number of Topliss-reactive ketones (excluding diaryl/α,β-unsaturated/α-hetero) is 1. The lowest BCUT2D eigenvalue weighted by molar-refractivity contribution is 0.101. The van der Waals surface area contributed by atoms with Gasteiger partial charge in [-0.2, -0.15) is 0 Å². The summed E-state index contributed by atoms with van der Waals surface area (Å²) in [5.74, 6) is -0.274. The molecule has 0 radical (unpaired) electrons. The topological polar surface area (TPSA) is 32.9 Å². The number of hydrogen-bond donors (Lipinski definition) is 1. The van der Waals surface area contributed by atoms with Crippen LogP contribution >= 0.6 is 23.2 Å². The zero-order valence-electron chi connectivity index (χ0n) is 4.97. The summed E-state index contributed by atoms with van der Waals surface area (Å²) in [6.45, 7) is 0. The van der Waals surface area contributed by atoms with E-state index in [9.17, 15) is 4.79 Å². The highest BCUT2D eigenvalue weighted by molar-refractivity contribution is 6.55. The third-order valence-electron chi connectivity index (χ3n) is 1.08. The number of ketones is 1. The number of halogens is 2. The van der Waals surface area contributed by atoms with Gasteiger partial charge in [0.2, 0.25) is 0 Å². The van der Waals surface area contributed by atoms with Crippen molar-refractivity contribution < 1.29 is 4.79 Å². The number of H-pyrrole nitrogens is 1. The van der Waals surface area contributed by atoms with Gasteiger partial charge in [-0.3, -0.25) is 4.79 Å². The van der Waals surface area contributed by atoms with Crippen LogP contribution in [-0.2, 0) is 0 Å². The molecule has 0 unspecified atom stereocenters. The molecule has 0 bridgehead atoms. The SMILES string of the molecule is O=C(c1cc[nH]c1)C(Cl)Cl. The summed E-state index contributed by atoms with van der Waals surface area (Å²) in [4.78, 5) is 12.7. The number of carbonyl (C=O) groups excluding carboxylic acids is 1.